The summed E-state index contributed by atoms with van der Waals surface area (Å²) in [6.07, 6.45) is 2.89. The largest absolute Gasteiger partial charge is 0.504 e. The highest BCUT2D eigenvalue weighted by Crippen LogP contribution is 2.32. The molecule has 0 radical (unpaired) electrons. The molecule has 0 bridgehead atoms. The lowest BCUT2D eigenvalue weighted by molar-refractivity contribution is -0.387. The number of aromatic amines is 1. The maximum absolute atomic E-state index is 11.5. The number of rotatable bonds is 4. The summed E-state index contributed by atoms with van der Waals surface area (Å²) < 4.78 is 5.57. The van der Waals surface area contributed by atoms with Gasteiger partial charge in [-0.2, -0.15) is 4.98 Å². The van der Waals surface area contributed by atoms with E-state index < -0.39 is 22.0 Å². The Morgan fingerprint density at radius 1 is 1.39 bits per heavy atom. The summed E-state index contributed by atoms with van der Waals surface area (Å²) in [5.74, 6) is -0.745. The summed E-state index contributed by atoms with van der Waals surface area (Å²) in [4.78, 5) is 26.8. The van der Waals surface area contributed by atoms with Crippen LogP contribution in [0.1, 0.15) is 11.4 Å². The predicted octanol–water partition coefficient (Wildman–Crippen LogP) is 1.87. The van der Waals surface area contributed by atoms with Crippen LogP contribution >= 0.6 is 22.6 Å². The smallest absolute Gasteiger partial charge is 0.395 e. The van der Waals surface area contributed by atoms with Gasteiger partial charge < -0.3 is 19.9 Å². The van der Waals surface area contributed by atoms with E-state index in [-0.39, 0.29) is 17.3 Å². The Morgan fingerprint density at radius 2 is 2.09 bits per heavy atom. The number of benzene rings is 1. The van der Waals surface area contributed by atoms with E-state index in [4.69, 9.17) is 4.74 Å². The second kappa shape index (κ2) is 6.64. The van der Waals surface area contributed by atoms with Crippen LogP contribution in [0.4, 0.5) is 5.69 Å². The van der Waals surface area contributed by atoms with E-state index in [1.54, 1.807) is 12.1 Å². The number of aromatic hydroxyl groups is 2. The molecule has 23 heavy (non-hydrogen) atoms. The third-order valence-electron chi connectivity index (χ3n) is 2.78. The van der Waals surface area contributed by atoms with Crippen LogP contribution in [0.5, 0.6) is 17.4 Å². The average molecular weight is 431 g/mol. The molecule has 1 aromatic heterocycles. The van der Waals surface area contributed by atoms with Crippen LogP contribution in [0.25, 0.3) is 12.2 Å². The zero-order valence-corrected chi connectivity index (χ0v) is 13.8. The van der Waals surface area contributed by atoms with Gasteiger partial charge in [0.1, 0.15) is 5.82 Å². The number of aromatic nitrogens is 2. The molecule has 0 amide bonds. The number of methoxy groups -OCH3 is 1. The van der Waals surface area contributed by atoms with Crippen LogP contribution in [-0.4, -0.2) is 32.2 Å². The van der Waals surface area contributed by atoms with Crippen LogP contribution in [0.3, 0.4) is 0 Å². The average Bonchev–Trinajstić information content (AvgIpc) is 2.47. The van der Waals surface area contributed by atoms with Crippen LogP contribution in [0.2, 0.25) is 0 Å². The van der Waals surface area contributed by atoms with Crippen LogP contribution < -0.4 is 10.3 Å². The fourth-order valence-corrected chi connectivity index (χ4v) is 2.36. The lowest BCUT2D eigenvalue weighted by Gasteiger charge is -2.06. The molecule has 2 aromatic rings. The van der Waals surface area contributed by atoms with Gasteiger partial charge in [0.15, 0.2) is 11.5 Å². The number of phenolic OH excluding ortho intramolecular Hbond substituents is 1. The summed E-state index contributed by atoms with van der Waals surface area (Å²) in [7, 11) is 1.41. The first-order valence-electron chi connectivity index (χ1n) is 6.05. The second-order valence-electron chi connectivity index (χ2n) is 4.27. The number of hydrogen-bond acceptors (Lipinski definition) is 7. The molecule has 120 valence electrons. The first-order chi connectivity index (χ1) is 10.8. The highest BCUT2D eigenvalue weighted by molar-refractivity contribution is 14.1. The van der Waals surface area contributed by atoms with Crippen LogP contribution in [-0.2, 0) is 0 Å². The van der Waals surface area contributed by atoms with Gasteiger partial charge in [-0.1, -0.05) is 6.08 Å². The minimum atomic E-state index is -1.06. The van der Waals surface area contributed by atoms with Crippen molar-refractivity contribution in [3.63, 3.8) is 0 Å². The molecule has 10 heteroatoms. The highest BCUT2D eigenvalue weighted by Gasteiger charge is 2.21. The Kier molecular flexibility index (Phi) is 4.83. The molecule has 1 heterocycles. The van der Waals surface area contributed by atoms with Gasteiger partial charge in [-0.05, 0) is 46.4 Å². The topological polar surface area (TPSA) is 139 Å². The first kappa shape index (κ1) is 16.7. The number of nitro groups is 1. The van der Waals surface area contributed by atoms with Gasteiger partial charge in [0, 0.05) is 0 Å². The molecule has 0 saturated carbocycles. The molecule has 1 aromatic carbocycles. The minimum absolute atomic E-state index is 0.00441. The van der Waals surface area contributed by atoms with Gasteiger partial charge >= 0.3 is 11.2 Å². The maximum atomic E-state index is 11.5. The summed E-state index contributed by atoms with van der Waals surface area (Å²) in [5.41, 5.74) is -1.44. The molecule has 0 saturated heterocycles. The van der Waals surface area contributed by atoms with Gasteiger partial charge in [-0.15, -0.1) is 0 Å². The monoisotopic (exact) mass is 431 g/mol. The van der Waals surface area contributed by atoms with Crippen molar-refractivity contribution in [2.75, 3.05) is 7.11 Å². The molecule has 0 fully saturated rings. The molecule has 9 nitrogen and oxygen atoms in total. The molecule has 3 N–H and O–H groups in total. The van der Waals surface area contributed by atoms with Gasteiger partial charge in [-0.3, -0.25) is 14.9 Å². The highest BCUT2D eigenvalue weighted by atomic mass is 127. The molecular formula is C13H10IN3O6. The second-order valence-corrected chi connectivity index (χ2v) is 5.43. The number of nitrogens with one attached hydrogen (secondary N) is 1. The number of nitrogens with zero attached hydrogens (tertiary/aromatic N) is 2. The van der Waals surface area contributed by atoms with Crippen molar-refractivity contribution in [1.29, 1.82) is 0 Å². The quantitative estimate of drug-likeness (QED) is 0.382. The van der Waals surface area contributed by atoms with E-state index in [2.05, 4.69) is 9.97 Å². The van der Waals surface area contributed by atoms with Crippen LogP contribution in [0, 0.1) is 13.7 Å². The molecule has 0 aliphatic heterocycles. The van der Waals surface area contributed by atoms with E-state index in [0.717, 1.165) is 0 Å². The van der Waals surface area contributed by atoms with E-state index in [9.17, 15) is 25.1 Å². The van der Waals surface area contributed by atoms with Crippen molar-refractivity contribution in [1.82, 2.24) is 9.97 Å². The van der Waals surface area contributed by atoms with Crippen LogP contribution in [0.15, 0.2) is 16.9 Å². The molecular weight excluding hydrogens is 421 g/mol. The van der Waals surface area contributed by atoms with Crippen molar-refractivity contribution in [3.05, 3.63) is 47.6 Å². The molecule has 0 unspecified atom stereocenters. The van der Waals surface area contributed by atoms with Gasteiger partial charge in [-0.25, -0.2) is 0 Å². The number of halogens is 1. The number of phenols is 1. The molecule has 0 spiro atoms. The fourth-order valence-electron chi connectivity index (χ4n) is 1.74. The Labute approximate surface area is 142 Å². The normalized spacial score (nSPS) is 10.9. The summed E-state index contributed by atoms with van der Waals surface area (Å²) >= 11 is 1.92. The lowest BCUT2D eigenvalue weighted by atomic mass is 10.2. The molecule has 2 rings (SSSR count). The first-order valence-corrected chi connectivity index (χ1v) is 7.13. The van der Waals surface area contributed by atoms with Crippen molar-refractivity contribution in [3.8, 4) is 17.4 Å². The van der Waals surface area contributed by atoms with E-state index in [0.29, 0.717) is 9.13 Å². The third kappa shape index (κ3) is 3.59. The SMILES string of the molecule is COc1cc(/C=C\c2nc(O)c([N+](=O)[O-])c(=O)[nH]2)cc(I)c1O. The lowest BCUT2D eigenvalue weighted by Crippen LogP contribution is -2.14. The predicted molar refractivity (Wildman–Crippen MR) is 89.5 cm³/mol. The van der Waals surface area contributed by atoms with Gasteiger partial charge in [0.2, 0.25) is 0 Å². The fraction of sp³-hybridized carbons (Fsp3) is 0.0769. The van der Waals surface area contributed by atoms with E-state index in [1.165, 1.54) is 19.3 Å². The van der Waals surface area contributed by atoms with Crippen molar-refractivity contribution in [2.24, 2.45) is 0 Å². The summed E-state index contributed by atoms with van der Waals surface area (Å²) in [5, 5.41) is 29.8. The van der Waals surface area contributed by atoms with E-state index in [1.807, 2.05) is 22.6 Å². The van der Waals surface area contributed by atoms with Crippen molar-refractivity contribution >= 4 is 40.4 Å². The minimum Gasteiger partial charge on any atom is -0.504 e. The van der Waals surface area contributed by atoms with Crippen molar-refractivity contribution < 1.29 is 19.9 Å². The molecule has 0 aliphatic carbocycles. The number of hydrogen-bond donors (Lipinski definition) is 3. The Morgan fingerprint density at radius 3 is 2.65 bits per heavy atom. The standard InChI is InChI=1S/C13H10IN3O6/c1-23-8-5-6(4-7(14)11(8)18)2-3-9-15-12(19)10(17(21)22)13(20)16-9/h2-5,18H,1H3,(H2,15,16,19,20)/b3-2-. The van der Waals surface area contributed by atoms with Gasteiger partial charge in [0.05, 0.1) is 15.6 Å². The Bertz CT molecular complexity index is 862. The zero-order valence-electron chi connectivity index (χ0n) is 11.6. The summed E-state index contributed by atoms with van der Waals surface area (Å²) in [6.45, 7) is 0. The van der Waals surface area contributed by atoms with E-state index >= 15 is 0 Å². The maximum Gasteiger partial charge on any atom is 0.395 e. The summed E-state index contributed by atoms with van der Waals surface area (Å²) in [6, 6.07) is 3.20. The molecule has 0 aliphatic rings. The number of ether oxygens (including phenoxy) is 1. The van der Waals surface area contributed by atoms with Crippen molar-refractivity contribution in [2.45, 2.75) is 0 Å². The Balaban J connectivity index is 2.40. The van der Waals surface area contributed by atoms with Gasteiger partial charge in [0.25, 0.3) is 5.88 Å². The Hall–Kier alpha value is -2.63. The number of H-pyrrole nitrogens is 1. The molecule has 0 atom stereocenters. The zero-order chi connectivity index (χ0) is 17.1. The third-order valence-corrected chi connectivity index (χ3v) is 3.60.